The van der Waals surface area contributed by atoms with Crippen molar-refractivity contribution in [2.75, 3.05) is 5.32 Å². The van der Waals surface area contributed by atoms with Crippen molar-refractivity contribution in [1.82, 2.24) is 5.32 Å². The van der Waals surface area contributed by atoms with Crippen LogP contribution in [0.25, 0.3) is 0 Å². The molecule has 0 saturated heterocycles. The minimum absolute atomic E-state index is 0.227. The number of amides is 2. The van der Waals surface area contributed by atoms with Crippen LogP contribution in [0.5, 0.6) is 0 Å². The Balaban J connectivity index is 1.69. The minimum atomic E-state index is -0.948. The summed E-state index contributed by atoms with van der Waals surface area (Å²) < 4.78 is 5.20. The summed E-state index contributed by atoms with van der Waals surface area (Å²) in [4.78, 5) is 25.2. The van der Waals surface area contributed by atoms with Gasteiger partial charge in [-0.3, -0.25) is 9.59 Å². The first-order chi connectivity index (χ1) is 11.4. The second-order valence-electron chi connectivity index (χ2n) is 6.57. The Hall–Kier alpha value is -2.56. The first-order valence-corrected chi connectivity index (χ1v) is 8.12. The number of anilines is 1. The van der Waals surface area contributed by atoms with Crippen LogP contribution in [-0.4, -0.2) is 11.8 Å². The Morgan fingerprint density at radius 3 is 2.33 bits per heavy atom. The third-order valence-electron chi connectivity index (χ3n) is 4.54. The van der Waals surface area contributed by atoms with E-state index < -0.39 is 5.41 Å². The molecule has 2 aromatic rings. The van der Waals surface area contributed by atoms with E-state index in [9.17, 15) is 9.59 Å². The highest BCUT2D eigenvalue weighted by molar-refractivity contribution is 6.13. The quantitative estimate of drug-likeness (QED) is 0.829. The second kappa shape index (κ2) is 6.15. The number of hydrogen-bond donors (Lipinski definition) is 2. The molecule has 1 fully saturated rings. The summed E-state index contributed by atoms with van der Waals surface area (Å²) in [5.41, 5.74) is 3.02. The Labute approximate surface area is 141 Å². The Morgan fingerprint density at radius 1 is 1.12 bits per heavy atom. The van der Waals surface area contributed by atoms with E-state index in [1.165, 1.54) is 0 Å². The van der Waals surface area contributed by atoms with Crippen LogP contribution >= 0.6 is 0 Å². The lowest BCUT2D eigenvalue weighted by atomic mass is 10.0. The molecule has 2 N–H and O–H groups in total. The molecule has 126 valence electrons. The molecule has 1 aliphatic rings. The van der Waals surface area contributed by atoms with E-state index in [4.69, 9.17) is 4.42 Å². The molecule has 0 aliphatic heterocycles. The highest BCUT2D eigenvalue weighted by atomic mass is 16.3. The van der Waals surface area contributed by atoms with Crippen LogP contribution in [0.2, 0.25) is 0 Å². The molecule has 0 radical (unpaired) electrons. The molecule has 2 amide bonds. The molecule has 0 spiro atoms. The van der Waals surface area contributed by atoms with Crippen LogP contribution in [0.15, 0.2) is 34.9 Å². The standard InChI is InChI=1S/C19H22N2O3/c1-12-9-13(2)16(14(3)10-12)21-18(23)19(6-7-19)17(22)20-11-15-5-4-8-24-15/h4-5,8-10H,6-7,11H2,1-3H3,(H,20,22)(H,21,23). The fourth-order valence-corrected chi connectivity index (χ4v) is 3.04. The molecule has 0 bridgehead atoms. The van der Waals surface area contributed by atoms with Crippen molar-refractivity contribution in [2.45, 2.75) is 40.2 Å². The first kappa shape index (κ1) is 16.3. The predicted octanol–water partition coefficient (Wildman–Crippen LogP) is 3.24. The topological polar surface area (TPSA) is 71.3 Å². The number of aryl methyl sites for hydroxylation is 3. The smallest absolute Gasteiger partial charge is 0.240 e. The molecular weight excluding hydrogens is 304 g/mol. The van der Waals surface area contributed by atoms with E-state index >= 15 is 0 Å². The summed E-state index contributed by atoms with van der Waals surface area (Å²) in [5, 5.41) is 5.76. The van der Waals surface area contributed by atoms with E-state index in [0.717, 1.165) is 22.4 Å². The first-order valence-electron chi connectivity index (χ1n) is 8.12. The lowest BCUT2D eigenvalue weighted by Crippen LogP contribution is -2.39. The predicted molar refractivity (Wildman–Crippen MR) is 91.5 cm³/mol. The van der Waals surface area contributed by atoms with Gasteiger partial charge in [0.1, 0.15) is 11.2 Å². The summed E-state index contributed by atoms with van der Waals surface area (Å²) in [5.74, 6) is 0.207. The second-order valence-corrected chi connectivity index (χ2v) is 6.57. The van der Waals surface area contributed by atoms with Gasteiger partial charge in [0.2, 0.25) is 11.8 Å². The number of furan rings is 1. The van der Waals surface area contributed by atoms with Gasteiger partial charge in [0, 0.05) is 5.69 Å². The Morgan fingerprint density at radius 2 is 1.79 bits per heavy atom. The summed E-state index contributed by atoms with van der Waals surface area (Å²) in [6, 6.07) is 7.61. The normalized spacial score (nSPS) is 15.0. The van der Waals surface area contributed by atoms with Gasteiger partial charge in [-0.1, -0.05) is 17.7 Å². The van der Waals surface area contributed by atoms with Crippen molar-refractivity contribution in [2.24, 2.45) is 5.41 Å². The highest BCUT2D eigenvalue weighted by Gasteiger charge is 2.56. The van der Waals surface area contributed by atoms with Crippen LogP contribution in [-0.2, 0) is 16.1 Å². The monoisotopic (exact) mass is 326 g/mol. The molecule has 5 nitrogen and oxygen atoms in total. The van der Waals surface area contributed by atoms with Crippen molar-refractivity contribution in [3.8, 4) is 0 Å². The van der Waals surface area contributed by atoms with Crippen LogP contribution < -0.4 is 10.6 Å². The number of carbonyl (C=O) groups excluding carboxylic acids is 2. The van der Waals surface area contributed by atoms with Gasteiger partial charge in [0.15, 0.2) is 0 Å². The van der Waals surface area contributed by atoms with Gasteiger partial charge >= 0.3 is 0 Å². The largest absolute Gasteiger partial charge is 0.467 e. The van der Waals surface area contributed by atoms with E-state index in [2.05, 4.69) is 10.6 Å². The lowest BCUT2D eigenvalue weighted by molar-refractivity contribution is -0.134. The zero-order valence-corrected chi connectivity index (χ0v) is 14.2. The molecule has 1 heterocycles. The Bertz CT molecular complexity index is 751. The number of hydrogen-bond acceptors (Lipinski definition) is 3. The van der Waals surface area contributed by atoms with Crippen LogP contribution in [0.1, 0.15) is 35.3 Å². The molecule has 0 unspecified atom stereocenters. The molecule has 3 rings (SSSR count). The SMILES string of the molecule is Cc1cc(C)c(NC(=O)C2(C(=O)NCc3ccco3)CC2)c(C)c1. The maximum Gasteiger partial charge on any atom is 0.240 e. The van der Waals surface area contributed by atoms with Crippen molar-refractivity contribution in [3.05, 3.63) is 53.0 Å². The zero-order valence-electron chi connectivity index (χ0n) is 14.2. The Kier molecular flexibility index (Phi) is 4.18. The maximum absolute atomic E-state index is 12.7. The van der Waals surface area contributed by atoms with E-state index in [0.29, 0.717) is 25.1 Å². The van der Waals surface area contributed by atoms with E-state index in [1.807, 2.05) is 32.9 Å². The average Bonchev–Trinajstić information content (AvgIpc) is 3.18. The molecule has 24 heavy (non-hydrogen) atoms. The van der Waals surface area contributed by atoms with Gasteiger partial charge in [-0.2, -0.15) is 0 Å². The summed E-state index contributed by atoms with van der Waals surface area (Å²) in [7, 11) is 0. The molecule has 1 saturated carbocycles. The van der Waals surface area contributed by atoms with Crippen LogP contribution in [0.4, 0.5) is 5.69 Å². The van der Waals surface area contributed by atoms with Crippen molar-refractivity contribution in [3.63, 3.8) is 0 Å². The number of nitrogens with one attached hydrogen (secondary N) is 2. The van der Waals surface area contributed by atoms with Gasteiger partial charge < -0.3 is 15.1 Å². The van der Waals surface area contributed by atoms with Gasteiger partial charge in [0.05, 0.1) is 12.8 Å². The van der Waals surface area contributed by atoms with Crippen LogP contribution in [0.3, 0.4) is 0 Å². The summed E-state index contributed by atoms with van der Waals surface area (Å²) in [6.45, 7) is 6.25. The third-order valence-corrected chi connectivity index (χ3v) is 4.54. The molecular formula is C19H22N2O3. The molecule has 1 aromatic heterocycles. The molecule has 0 atom stereocenters. The van der Waals surface area contributed by atoms with Crippen LogP contribution in [0, 0.1) is 26.2 Å². The van der Waals surface area contributed by atoms with Crippen molar-refractivity contribution in [1.29, 1.82) is 0 Å². The summed E-state index contributed by atoms with van der Waals surface area (Å²) in [6.07, 6.45) is 2.71. The molecule has 1 aromatic carbocycles. The van der Waals surface area contributed by atoms with E-state index in [1.54, 1.807) is 18.4 Å². The van der Waals surface area contributed by atoms with Gasteiger partial charge in [0.25, 0.3) is 0 Å². The molecule has 5 heteroatoms. The molecule has 1 aliphatic carbocycles. The van der Waals surface area contributed by atoms with Gasteiger partial charge in [-0.05, 0) is 56.9 Å². The van der Waals surface area contributed by atoms with Gasteiger partial charge in [-0.15, -0.1) is 0 Å². The minimum Gasteiger partial charge on any atom is -0.467 e. The van der Waals surface area contributed by atoms with Crippen molar-refractivity contribution >= 4 is 17.5 Å². The average molecular weight is 326 g/mol. The van der Waals surface area contributed by atoms with Gasteiger partial charge in [-0.25, -0.2) is 0 Å². The summed E-state index contributed by atoms with van der Waals surface area (Å²) >= 11 is 0. The number of carbonyl (C=O) groups is 2. The number of rotatable bonds is 5. The number of benzene rings is 1. The highest BCUT2D eigenvalue weighted by Crippen LogP contribution is 2.47. The zero-order chi connectivity index (χ0) is 17.3. The third kappa shape index (κ3) is 3.07. The van der Waals surface area contributed by atoms with E-state index in [-0.39, 0.29) is 11.8 Å². The fraction of sp³-hybridized carbons (Fsp3) is 0.368. The lowest BCUT2D eigenvalue weighted by Gasteiger charge is -2.18. The fourth-order valence-electron chi connectivity index (χ4n) is 3.04. The maximum atomic E-state index is 12.7. The van der Waals surface area contributed by atoms with Crippen molar-refractivity contribution < 1.29 is 14.0 Å².